The number of rotatable bonds is 7. The highest BCUT2D eigenvalue weighted by atomic mass is 16.6. The monoisotopic (exact) mass is 358 g/mol. The molecule has 1 aromatic carbocycles. The summed E-state index contributed by atoms with van der Waals surface area (Å²) in [6.07, 6.45) is 0.738. The number of aliphatic hydroxyl groups excluding tert-OH is 1. The lowest BCUT2D eigenvalue weighted by molar-refractivity contribution is -0.0777. The molecular formula is C20H22O6. The van der Waals surface area contributed by atoms with Gasteiger partial charge in [0.15, 0.2) is 6.29 Å². The zero-order chi connectivity index (χ0) is 18.7. The van der Waals surface area contributed by atoms with Gasteiger partial charge in [0.1, 0.15) is 29.5 Å². The Morgan fingerprint density at radius 2 is 2.00 bits per heavy atom. The summed E-state index contributed by atoms with van der Waals surface area (Å²) in [5, 5.41) is 10.7. The maximum absolute atomic E-state index is 11.7. The molecule has 138 valence electrons. The molecule has 0 spiro atoms. The lowest BCUT2D eigenvalue weighted by atomic mass is 10.1. The predicted molar refractivity (Wildman–Crippen MR) is 96.2 cm³/mol. The molecular weight excluding hydrogens is 336 g/mol. The summed E-state index contributed by atoms with van der Waals surface area (Å²) in [5.41, 5.74) is 1.69. The van der Waals surface area contributed by atoms with E-state index < -0.39 is 6.29 Å². The van der Waals surface area contributed by atoms with Gasteiger partial charge in [-0.15, -0.1) is 0 Å². The van der Waals surface area contributed by atoms with Gasteiger partial charge >= 0.3 is 5.63 Å². The molecule has 0 fully saturated rings. The highest BCUT2D eigenvalue weighted by molar-refractivity contribution is 5.81. The van der Waals surface area contributed by atoms with Crippen LogP contribution in [-0.2, 0) is 17.8 Å². The first-order valence-electron chi connectivity index (χ1n) is 8.51. The van der Waals surface area contributed by atoms with Crippen molar-refractivity contribution in [3.63, 3.8) is 0 Å². The van der Waals surface area contributed by atoms with E-state index in [4.69, 9.17) is 18.3 Å². The summed E-state index contributed by atoms with van der Waals surface area (Å²) in [6, 6.07) is 8.68. The van der Waals surface area contributed by atoms with Crippen LogP contribution in [0.3, 0.4) is 0 Å². The summed E-state index contributed by atoms with van der Waals surface area (Å²) in [6.45, 7) is 4.00. The van der Waals surface area contributed by atoms with Crippen molar-refractivity contribution in [2.75, 3.05) is 7.11 Å². The van der Waals surface area contributed by atoms with Crippen molar-refractivity contribution >= 4 is 11.0 Å². The van der Waals surface area contributed by atoms with Gasteiger partial charge in [-0.25, -0.2) is 4.79 Å². The second-order valence-corrected chi connectivity index (χ2v) is 6.10. The Hall–Kier alpha value is -2.57. The van der Waals surface area contributed by atoms with Crippen molar-refractivity contribution in [3.05, 3.63) is 63.4 Å². The molecule has 0 aliphatic carbocycles. The number of hydrogen-bond donors (Lipinski definition) is 1. The highest BCUT2D eigenvalue weighted by Crippen LogP contribution is 2.26. The predicted octanol–water partition coefficient (Wildman–Crippen LogP) is 3.86. The third kappa shape index (κ3) is 3.81. The second kappa shape index (κ2) is 7.76. The number of aryl methyl sites for hydroxylation is 2. The molecule has 0 aliphatic heterocycles. The molecule has 0 amide bonds. The van der Waals surface area contributed by atoms with Crippen LogP contribution in [0.25, 0.3) is 11.0 Å². The molecule has 2 aromatic heterocycles. The highest BCUT2D eigenvalue weighted by Gasteiger charge is 2.15. The normalized spacial score (nSPS) is 12.5. The maximum Gasteiger partial charge on any atom is 0.336 e. The average molecular weight is 358 g/mol. The average Bonchev–Trinajstić information content (AvgIpc) is 3.00. The number of benzene rings is 1. The summed E-state index contributed by atoms with van der Waals surface area (Å²) >= 11 is 0. The van der Waals surface area contributed by atoms with Crippen LogP contribution in [0.15, 0.2) is 44.0 Å². The molecule has 26 heavy (non-hydrogen) atoms. The number of hydrogen-bond acceptors (Lipinski definition) is 6. The lowest BCUT2D eigenvalue weighted by Gasteiger charge is -2.07. The first kappa shape index (κ1) is 18.2. The lowest BCUT2D eigenvalue weighted by Crippen LogP contribution is -2.01. The van der Waals surface area contributed by atoms with E-state index in [1.54, 1.807) is 25.1 Å². The molecule has 0 bridgehead atoms. The van der Waals surface area contributed by atoms with Gasteiger partial charge in [-0.2, -0.15) is 0 Å². The SMILES string of the molecule is CCCc1cc(=O)oc2cc(OCc3cc(C(O)OC)c(C)o3)ccc12. The van der Waals surface area contributed by atoms with Crippen molar-refractivity contribution in [3.8, 4) is 5.75 Å². The van der Waals surface area contributed by atoms with Crippen molar-refractivity contribution in [1.29, 1.82) is 0 Å². The van der Waals surface area contributed by atoms with Crippen molar-refractivity contribution in [2.24, 2.45) is 0 Å². The van der Waals surface area contributed by atoms with E-state index in [0.717, 1.165) is 23.8 Å². The molecule has 3 rings (SSSR count). The van der Waals surface area contributed by atoms with Crippen LogP contribution in [-0.4, -0.2) is 12.2 Å². The van der Waals surface area contributed by atoms with Gasteiger partial charge in [0.25, 0.3) is 0 Å². The minimum Gasteiger partial charge on any atom is -0.486 e. The molecule has 0 aliphatic rings. The summed E-state index contributed by atoms with van der Waals surface area (Å²) in [7, 11) is 1.42. The van der Waals surface area contributed by atoms with E-state index in [0.29, 0.717) is 28.4 Å². The van der Waals surface area contributed by atoms with Crippen LogP contribution in [0.1, 0.15) is 42.3 Å². The van der Waals surface area contributed by atoms with Crippen LogP contribution in [0, 0.1) is 6.92 Å². The Kier molecular flexibility index (Phi) is 5.44. The fourth-order valence-electron chi connectivity index (χ4n) is 2.93. The first-order valence-corrected chi connectivity index (χ1v) is 8.51. The Bertz CT molecular complexity index is 953. The van der Waals surface area contributed by atoms with E-state index in [1.165, 1.54) is 7.11 Å². The fourth-order valence-corrected chi connectivity index (χ4v) is 2.93. The fraction of sp³-hybridized carbons (Fsp3) is 0.350. The van der Waals surface area contributed by atoms with E-state index in [9.17, 15) is 9.90 Å². The quantitative estimate of drug-likeness (QED) is 0.510. The largest absolute Gasteiger partial charge is 0.486 e. The minimum absolute atomic E-state index is 0.182. The molecule has 0 radical (unpaired) electrons. The van der Waals surface area contributed by atoms with Crippen LogP contribution < -0.4 is 10.4 Å². The minimum atomic E-state index is -1.03. The summed E-state index contributed by atoms with van der Waals surface area (Å²) < 4.78 is 21.5. The van der Waals surface area contributed by atoms with E-state index in [2.05, 4.69) is 6.92 Å². The summed E-state index contributed by atoms with van der Waals surface area (Å²) in [5.74, 6) is 1.71. The van der Waals surface area contributed by atoms with Gasteiger partial charge < -0.3 is 23.4 Å². The zero-order valence-electron chi connectivity index (χ0n) is 15.1. The second-order valence-electron chi connectivity index (χ2n) is 6.10. The maximum atomic E-state index is 11.7. The molecule has 6 nitrogen and oxygen atoms in total. The van der Waals surface area contributed by atoms with E-state index in [-0.39, 0.29) is 12.2 Å². The van der Waals surface area contributed by atoms with Crippen molar-refractivity contribution < 1.29 is 23.4 Å². The molecule has 0 saturated heterocycles. The molecule has 1 N–H and O–H groups in total. The third-order valence-corrected chi connectivity index (χ3v) is 4.20. The Morgan fingerprint density at radius 1 is 1.19 bits per heavy atom. The topological polar surface area (TPSA) is 82.0 Å². The zero-order valence-corrected chi connectivity index (χ0v) is 15.1. The van der Waals surface area contributed by atoms with Crippen LogP contribution in [0.5, 0.6) is 5.75 Å². The molecule has 0 saturated carbocycles. The van der Waals surface area contributed by atoms with Gasteiger partial charge in [-0.1, -0.05) is 13.3 Å². The molecule has 6 heteroatoms. The Morgan fingerprint density at radius 3 is 2.73 bits per heavy atom. The number of ether oxygens (including phenoxy) is 2. The number of furan rings is 1. The van der Waals surface area contributed by atoms with Gasteiger partial charge in [0.05, 0.1) is 0 Å². The number of fused-ring (bicyclic) bond motifs is 1. The first-order chi connectivity index (χ1) is 12.5. The molecule has 1 unspecified atom stereocenters. The van der Waals surface area contributed by atoms with Gasteiger partial charge in [0, 0.05) is 30.2 Å². The third-order valence-electron chi connectivity index (χ3n) is 4.20. The van der Waals surface area contributed by atoms with Crippen LogP contribution in [0.2, 0.25) is 0 Å². The van der Waals surface area contributed by atoms with Gasteiger partial charge in [0.2, 0.25) is 0 Å². The molecule has 2 heterocycles. The molecule has 3 aromatic rings. The Labute approximate surface area is 151 Å². The Balaban J connectivity index is 1.80. The van der Waals surface area contributed by atoms with Crippen LogP contribution in [0.4, 0.5) is 0 Å². The standard InChI is InChI=1S/C20H22O6/c1-4-5-13-8-19(21)26-18-10-14(6-7-16(13)18)24-11-15-9-17(12(2)25-15)20(22)23-3/h6-10,20,22H,4-5,11H2,1-3H3. The number of aliphatic hydroxyl groups is 1. The van der Waals surface area contributed by atoms with E-state index in [1.807, 2.05) is 12.1 Å². The van der Waals surface area contributed by atoms with Crippen LogP contribution >= 0.6 is 0 Å². The number of methoxy groups -OCH3 is 1. The van der Waals surface area contributed by atoms with Gasteiger partial charge in [-0.3, -0.25) is 0 Å². The van der Waals surface area contributed by atoms with Crippen molar-refractivity contribution in [2.45, 2.75) is 39.6 Å². The van der Waals surface area contributed by atoms with Gasteiger partial charge in [-0.05, 0) is 37.1 Å². The van der Waals surface area contributed by atoms with Crippen molar-refractivity contribution in [1.82, 2.24) is 0 Å². The smallest absolute Gasteiger partial charge is 0.336 e. The molecule has 1 atom stereocenters. The van der Waals surface area contributed by atoms with E-state index >= 15 is 0 Å². The summed E-state index contributed by atoms with van der Waals surface area (Å²) in [4.78, 5) is 11.7.